The van der Waals surface area contributed by atoms with Crippen LogP contribution >= 0.6 is 0 Å². The number of nitrogens with zero attached hydrogens (tertiary/aromatic N) is 5. The number of halogens is 4. The Morgan fingerprint density at radius 2 is 2.06 bits per heavy atom. The fourth-order valence-electron chi connectivity index (χ4n) is 4.38. The van der Waals surface area contributed by atoms with Crippen molar-refractivity contribution in [2.24, 2.45) is 0 Å². The number of morpholine rings is 1. The third kappa shape index (κ3) is 4.10. The van der Waals surface area contributed by atoms with E-state index in [0.717, 1.165) is 12.8 Å². The highest BCUT2D eigenvalue weighted by Crippen LogP contribution is 2.36. The van der Waals surface area contributed by atoms with Gasteiger partial charge < -0.3 is 25.0 Å². The Morgan fingerprint density at radius 1 is 1.22 bits per heavy atom. The highest BCUT2D eigenvalue weighted by Gasteiger charge is 2.40. The van der Waals surface area contributed by atoms with Gasteiger partial charge in [0.1, 0.15) is 5.82 Å². The van der Waals surface area contributed by atoms with E-state index >= 15 is 0 Å². The summed E-state index contributed by atoms with van der Waals surface area (Å²) in [6.45, 7) is -2.23. The Labute approximate surface area is 181 Å². The lowest BCUT2D eigenvalue weighted by Crippen LogP contribution is -2.55. The third-order valence-electron chi connectivity index (χ3n) is 6.03. The van der Waals surface area contributed by atoms with Gasteiger partial charge >= 0.3 is 6.61 Å². The first-order valence-corrected chi connectivity index (χ1v) is 10.4. The molecule has 0 unspecified atom stereocenters. The molecule has 0 saturated carbocycles. The van der Waals surface area contributed by atoms with Gasteiger partial charge in [0.25, 0.3) is 5.92 Å². The van der Waals surface area contributed by atoms with Crippen molar-refractivity contribution < 1.29 is 27.0 Å². The topological polar surface area (TPSA) is 89.6 Å². The van der Waals surface area contributed by atoms with Crippen LogP contribution in [-0.4, -0.2) is 65.9 Å². The van der Waals surface area contributed by atoms with Crippen molar-refractivity contribution in [3.05, 3.63) is 18.3 Å². The number of rotatable bonds is 5. The number of aromatic nitrogens is 3. The van der Waals surface area contributed by atoms with Gasteiger partial charge in [-0.15, -0.1) is 0 Å². The maximum atomic E-state index is 13.9. The number of hydrogen-bond acceptors (Lipinski definition) is 8. The number of ether oxygens (including phenoxy) is 2. The first kappa shape index (κ1) is 21.0. The molecule has 2 aromatic heterocycles. The Hall–Kier alpha value is -2.89. The van der Waals surface area contributed by atoms with E-state index in [1.165, 1.54) is 17.2 Å². The molecule has 0 aliphatic carbocycles. The summed E-state index contributed by atoms with van der Waals surface area (Å²) in [6, 6.07) is 3.14. The zero-order valence-electron chi connectivity index (χ0n) is 17.1. The second-order valence-electron chi connectivity index (χ2n) is 8.26. The van der Waals surface area contributed by atoms with Gasteiger partial charge in [-0.3, -0.25) is 0 Å². The van der Waals surface area contributed by atoms with Crippen molar-refractivity contribution >= 4 is 17.6 Å². The summed E-state index contributed by atoms with van der Waals surface area (Å²) in [6.07, 6.45) is 3.08. The van der Waals surface area contributed by atoms with Gasteiger partial charge in [-0.25, -0.2) is 18.7 Å². The van der Waals surface area contributed by atoms with Crippen molar-refractivity contribution in [2.75, 3.05) is 41.8 Å². The summed E-state index contributed by atoms with van der Waals surface area (Å²) >= 11 is 0. The first-order chi connectivity index (χ1) is 15.3. The normalized spacial score (nSPS) is 24.4. The smallest absolute Gasteiger partial charge is 0.387 e. The maximum absolute atomic E-state index is 13.9. The molecular weight excluding hydrogens is 432 g/mol. The Bertz CT molecular complexity index is 1000. The van der Waals surface area contributed by atoms with Crippen LogP contribution in [0.15, 0.2) is 18.3 Å². The number of nitrogens with two attached hydrogens (primary N) is 1. The molecule has 2 bridgehead atoms. The fourth-order valence-corrected chi connectivity index (χ4v) is 4.38. The van der Waals surface area contributed by atoms with Crippen LogP contribution in [0.25, 0.3) is 11.3 Å². The molecule has 2 N–H and O–H groups in total. The Morgan fingerprint density at radius 3 is 2.69 bits per heavy atom. The van der Waals surface area contributed by atoms with Crippen molar-refractivity contribution in [1.82, 2.24) is 15.0 Å². The maximum Gasteiger partial charge on any atom is 0.387 e. The van der Waals surface area contributed by atoms with Crippen LogP contribution in [0.4, 0.5) is 35.1 Å². The van der Waals surface area contributed by atoms with Gasteiger partial charge in [0.2, 0.25) is 5.95 Å². The van der Waals surface area contributed by atoms with Crippen LogP contribution in [-0.2, 0) is 4.74 Å². The first-order valence-electron chi connectivity index (χ1n) is 10.4. The van der Waals surface area contributed by atoms with Crippen molar-refractivity contribution in [3.63, 3.8) is 0 Å². The molecule has 4 aliphatic rings. The van der Waals surface area contributed by atoms with E-state index in [0.29, 0.717) is 30.2 Å². The summed E-state index contributed by atoms with van der Waals surface area (Å²) in [5, 5.41) is 0. The minimum absolute atomic E-state index is 0.0854. The Balaban J connectivity index is 1.55. The molecule has 6 heterocycles. The molecular formula is C20H22F4N6O2. The van der Waals surface area contributed by atoms with Gasteiger partial charge in [-0.1, -0.05) is 0 Å². The zero-order valence-corrected chi connectivity index (χ0v) is 17.1. The molecule has 4 aliphatic heterocycles. The van der Waals surface area contributed by atoms with E-state index in [1.807, 2.05) is 0 Å². The van der Waals surface area contributed by atoms with Crippen LogP contribution in [0.5, 0.6) is 5.75 Å². The number of fused-ring (bicyclic) bond motifs is 3. The molecule has 0 radical (unpaired) electrons. The number of alkyl halides is 4. The number of piperidine rings is 1. The molecule has 4 fully saturated rings. The monoisotopic (exact) mass is 454 g/mol. The van der Waals surface area contributed by atoms with Crippen LogP contribution in [0.1, 0.15) is 19.3 Å². The van der Waals surface area contributed by atoms with E-state index in [1.54, 1.807) is 6.07 Å². The average Bonchev–Trinajstić information content (AvgIpc) is 3.15. The van der Waals surface area contributed by atoms with Crippen molar-refractivity contribution in [1.29, 1.82) is 0 Å². The summed E-state index contributed by atoms with van der Waals surface area (Å²) in [4.78, 5) is 16.5. The highest BCUT2D eigenvalue weighted by molar-refractivity contribution is 5.68. The van der Waals surface area contributed by atoms with E-state index < -0.39 is 19.1 Å². The molecule has 2 aromatic rings. The van der Waals surface area contributed by atoms with E-state index in [9.17, 15) is 17.6 Å². The molecule has 4 saturated heterocycles. The minimum atomic E-state index is -3.07. The van der Waals surface area contributed by atoms with Crippen molar-refractivity contribution in [3.8, 4) is 17.0 Å². The standard InChI is InChI=1S/C20H22F4N6O2/c21-18(22)32-15-5-11(7-26-17(15)25)14-6-16(30-8-13-2-1-12(30)9-31-13)28-19(27-14)29-4-3-20(23,24)10-29/h5-7,12-13,18H,1-4,8-10H2,(H2,25,26)/t12-,13-/m0/s1. The SMILES string of the molecule is Nc1ncc(-c2cc(N3C[C@@H]4CC[C@H]3CO4)nc(N3CCC(F)(F)C3)n2)cc1OC(F)F. The quantitative estimate of drug-likeness (QED) is 0.690. The highest BCUT2D eigenvalue weighted by atomic mass is 19.3. The molecule has 0 amide bonds. The number of pyridine rings is 1. The fraction of sp³-hybridized carbons (Fsp3) is 0.550. The predicted molar refractivity (Wildman–Crippen MR) is 108 cm³/mol. The largest absolute Gasteiger partial charge is 0.431 e. The van der Waals surface area contributed by atoms with Crippen molar-refractivity contribution in [2.45, 2.75) is 43.9 Å². The molecule has 12 heteroatoms. The minimum Gasteiger partial charge on any atom is -0.431 e. The molecule has 32 heavy (non-hydrogen) atoms. The summed E-state index contributed by atoms with van der Waals surface area (Å²) in [7, 11) is 0. The third-order valence-corrected chi connectivity index (χ3v) is 6.03. The predicted octanol–water partition coefficient (Wildman–Crippen LogP) is 2.94. The van der Waals surface area contributed by atoms with Crippen LogP contribution < -0.4 is 20.3 Å². The van der Waals surface area contributed by atoms with Crippen LogP contribution in [0.2, 0.25) is 0 Å². The van der Waals surface area contributed by atoms with E-state index in [-0.39, 0.29) is 42.6 Å². The second-order valence-corrected chi connectivity index (χ2v) is 8.26. The van der Waals surface area contributed by atoms with Crippen LogP contribution in [0.3, 0.4) is 0 Å². The molecule has 0 aromatic carbocycles. The number of nitrogen functional groups attached to an aromatic ring is 1. The van der Waals surface area contributed by atoms with Gasteiger partial charge in [0.05, 0.1) is 31.0 Å². The van der Waals surface area contributed by atoms with E-state index in [4.69, 9.17) is 10.5 Å². The lowest BCUT2D eigenvalue weighted by molar-refractivity contribution is -0.0494. The molecule has 8 nitrogen and oxygen atoms in total. The van der Waals surface area contributed by atoms with E-state index in [2.05, 4.69) is 24.6 Å². The molecule has 6 rings (SSSR count). The molecule has 172 valence electrons. The molecule has 0 spiro atoms. The van der Waals surface area contributed by atoms with Gasteiger partial charge in [0.15, 0.2) is 11.6 Å². The zero-order chi connectivity index (χ0) is 22.5. The average molecular weight is 454 g/mol. The second kappa shape index (κ2) is 7.91. The molecule has 2 atom stereocenters. The summed E-state index contributed by atoms with van der Waals surface area (Å²) in [5.41, 5.74) is 6.37. The lowest BCUT2D eigenvalue weighted by atomic mass is 9.97. The summed E-state index contributed by atoms with van der Waals surface area (Å²) in [5.74, 6) is -2.55. The number of anilines is 3. The van der Waals surface area contributed by atoms with Crippen LogP contribution in [0, 0.1) is 0 Å². The summed E-state index contributed by atoms with van der Waals surface area (Å²) < 4.78 is 63.4. The number of hydrogen-bond donors (Lipinski definition) is 1. The van der Waals surface area contributed by atoms with Gasteiger partial charge in [-0.05, 0) is 18.9 Å². The Kier molecular flexibility index (Phi) is 5.19. The van der Waals surface area contributed by atoms with Gasteiger partial charge in [-0.2, -0.15) is 13.8 Å². The lowest BCUT2D eigenvalue weighted by Gasteiger charge is -2.45. The van der Waals surface area contributed by atoms with Gasteiger partial charge in [0, 0.05) is 37.3 Å².